The molecule has 1 heterocycles. The molecule has 0 fully saturated rings. The summed E-state index contributed by atoms with van der Waals surface area (Å²) in [4.78, 5) is 0. The molecule has 0 N–H and O–H groups in total. The Balaban J connectivity index is 2.71. The van der Waals surface area contributed by atoms with Gasteiger partial charge in [-0.05, 0) is 12.8 Å². The standard InChI is InChI=1S/C7H12N4/c1-3-7(4-2)10-11-5-8-9-6-11/h5-6H,3-4H2,1-2H3. The number of aromatic nitrogens is 3. The highest BCUT2D eigenvalue weighted by atomic mass is 15.4. The molecule has 4 heteroatoms. The highest BCUT2D eigenvalue weighted by Crippen LogP contribution is 1.93. The minimum Gasteiger partial charge on any atom is -0.208 e. The molecule has 4 nitrogen and oxygen atoms in total. The molecule has 60 valence electrons. The van der Waals surface area contributed by atoms with Crippen molar-refractivity contribution in [2.75, 3.05) is 0 Å². The fraction of sp³-hybridized carbons (Fsp3) is 0.571. The monoisotopic (exact) mass is 152 g/mol. The molecule has 0 spiro atoms. The quantitative estimate of drug-likeness (QED) is 0.613. The molecule has 0 aliphatic rings. The lowest BCUT2D eigenvalue weighted by Gasteiger charge is -1.97. The molecule has 0 amide bonds. The van der Waals surface area contributed by atoms with E-state index >= 15 is 0 Å². The van der Waals surface area contributed by atoms with Gasteiger partial charge in [-0.25, -0.2) is 4.68 Å². The Morgan fingerprint density at radius 2 is 1.82 bits per heavy atom. The zero-order chi connectivity index (χ0) is 8.10. The molecule has 0 aromatic carbocycles. The van der Waals surface area contributed by atoms with Crippen molar-refractivity contribution in [2.45, 2.75) is 26.7 Å². The summed E-state index contributed by atoms with van der Waals surface area (Å²) in [5.74, 6) is 0. The Labute approximate surface area is 65.9 Å². The summed E-state index contributed by atoms with van der Waals surface area (Å²) in [5.41, 5.74) is 1.16. The van der Waals surface area contributed by atoms with Crippen molar-refractivity contribution in [3.8, 4) is 0 Å². The minimum absolute atomic E-state index is 0.981. The van der Waals surface area contributed by atoms with Crippen molar-refractivity contribution >= 4 is 5.71 Å². The predicted molar refractivity (Wildman–Crippen MR) is 43.4 cm³/mol. The van der Waals surface area contributed by atoms with Crippen LogP contribution in [0, 0.1) is 0 Å². The van der Waals surface area contributed by atoms with Crippen LogP contribution in [0.4, 0.5) is 0 Å². The predicted octanol–water partition coefficient (Wildman–Crippen LogP) is 1.30. The van der Waals surface area contributed by atoms with Crippen molar-refractivity contribution in [3.63, 3.8) is 0 Å². The lowest BCUT2D eigenvalue weighted by atomic mass is 10.2. The second kappa shape index (κ2) is 3.85. The second-order valence-electron chi connectivity index (χ2n) is 2.22. The Kier molecular flexibility index (Phi) is 2.77. The fourth-order valence-electron chi connectivity index (χ4n) is 0.802. The fourth-order valence-corrected chi connectivity index (χ4v) is 0.802. The lowest BCUT2D eigenvalue weighted by Crippen LogP contribution is -1.97. The van der Waals surface area contributed by atoms with Gasteiger partial charge in [0.05, 0.1) is 0 Å². The van der Waals surface area contributed by atoms with Crippen LogP contribution in [0.5, 0.6) is 0 Å². The summed E-state index contributed by atoms with van der Waals surface area (Å²) < 4.78 is 1.63. The van der Waals surface area contributed by atoms with E-state index in [1.54, 1.807) is 17.3 Å². The first-order valence-electron chi connectivity index (χ1n) is 3.78. The van der Waals surface area contributed by atoms with E-state index in [1.807, 2.05) is 0 Å². The van der Waals surface area contributed by atoms with Gasteiger partial charge in [-0.15, -0.1) is 10.2 Å². The van der Waals surface area contributed by atoms with Gasteiger partial charge in [-0.1, -0.05) is 13.8 Å². The van der Waals surface area contributed by atoms with E-state index in [-0.39, 0.29) is 0 Å². The van der Waals surface area contributed by atoms with Gasteiger partial charge in [-0.3, -0.25) is 0 Å². The van der Waals surface area contributed by atoms with Crippen LogP contribution in [0.2, 0.25) is 0 Å². The minimum atomic E-state index is 0.981. The van der Waals surface area contributed by atoms with Gasteiger partial charge in [-0.2, -0.15) is 5.10 Å². The molecule has 0 unspecified atom stereocenters. The zero-order valence-electron chi connectivity index (χ0n) is 6.86. The largest absolute Gasteiger partial charge is 0.208 e. The average molecular weight is 152 g/mol. The molecule has 1 aromatic heterocycles. The molecular weight excluding hydrogens is 140 g/mol. The van der Waals surface area contributed by atoms with Gasteiger partial charge in [0.2, 0.25) is 0 Å². The van der Waals surface area contributed by atoms with Crippen LogP contribution in [0.15, 0.2) is 17.8 Å². The van der Waals surface area contributed by atoms with Crippen LogP contribution in [-0.4, -0.2) is 20.6 Å². The molecule has 0 saturated carbocycles. The maximum absolute atomic E-state index is 4.26. The van der Waals surface area contributed by atoms with Gasteiger partial charge in [0, 0.05) is 5.71 Å². The van der Waals surface area contributed by atoms with Crippen LogP contribution in [0.3, 0.4) is 0 Å². The molecule has 0 aliphatic heterocycles. The first-order chi connectivity index (χ1) is 5.36. The Bertz CT molecular complexity index is 219. The van der Waals surface area contributed by atoms with Crippen LogP contribution < -0.4 is 0 Å². The van der Waals surface area contributed by atoms with Crippen molar-refractivity contribution in [2.24, 2.45) is 5.10 Å². The molecule has 11 heavy (non-hydrogen) atoms. The Morgan fingerprint density at radius 1 is 1.27 bits per heavy atom. The molecule has 0 aliphatic carbocycles. The molecule has 1 rings (SSSR count). The number of nitrogens with zero attached hydrogens (tertiary/aromatic N) is 4. The van der Waals surface area contributed by atoms with E-state index in [2.05, 4.69) is 29.1 Å². The average Bonchev–Trinajstić information content (AvgIpc) is 2.52. The van der Waals surface area contributed by atoms with Crippen molar-refractivity contribution in [1.29, 1.82) is 0 Å². The highest BCUT2D eigenvalue weighted by Gasteiger charge is 1.91. The molecule has 0 bridgehead atoms. The van der Waals surface area contributed by atoms with E-state index < -0.39 is 0 Å². The lowest BCUT2D eigenvalue weighted by molar-refractivity contribution is 0.854. The van der Waals surface area contributed by atoms with Crippen molar-refractivity contribution in [1.82, 2.24) is 14.9 Å². The highest BCUT2D eigenvalue weighted by molar-refractivity contribution is 5.83. The Morgan fingerprint density at radius 3 is 2.27 bits per heavy atom. The zero-order valence-corrected chi connectivity index (χ0v) is 6.86. The number of rotatable bonds is 3. The van der Waals surface area contributed by atoms with Gasteiger partial charge >= 0.3 is 0 Å². The summed E-state index contributed by atoms with van der Waals surface area (Å²) in [6.45, 7) is 4.18. The summed E-state index contributed by atoms with van der Waals surface area (Å²) in [7, 11) is 0. The third-order valence-corrected chi connectivity index (χ3v) is 1.48. The van der Waals surface area contributed by atoms with E-state index in [1.165, 1.54) is 0 Å². The van der Waals surface area contributed by atoms with Crippen LogP contribution in [-0.2, 0) is 0 Å². The van der Waals surface area contributed by atoms with Gasteiger partial charge in [0.1, 0.15) is 12.7 Å². The third-order valence-electron chi connectivity index (χ3n) is 1.48. The van der Waals surface area contributed by atoms with Gasteiger partial charge in [0.15, 0.2) is 0 Å². The van der Waals surface area contributed by atoms with E-state index in [9.17, 15) is 0 Å². The first-order valence-corrected chi connectivity index (χ1v) is 3.78. The van der Waals surface area contributed by atoms with Gasteiger partial charge < -0.3 is 0 Å². The summed E-state index contributed by atoms with van der Waals surface area (Å²) >= 11 is 0. The topological polar surface area (TPSA) is 43.1 Å². The molecular formula is C7H12N4. The smallest absolute Gasteiger partial charge is 0.141 e. The number of hydrogen-bond acceptors (Lipinski definition) is 3. The van der Waals surface area contributed by atoms with E-state index in [0.29, 0.717) is 0 Å². The maximum Gasteiger partial charge on any atom is 0.141 e. The maximum atomic E-state index is 4.26. The summed E-state index contributed by atoms with van der Waals surface area (Å²) in [5, 5.41) is 11.6. The Hall–Kier alpha value is -1.19. The first kappa shape index (κ1) is 7.91. The van der Waals surface area contributed by atoms with E-state index in [0.717, 1.165) is 18.6 Å². The molecule has 0 saturated heterocycles. The molecule has 0 atom stereocenters. The van der Waals surface area contributed by atoms with Crippen LogP contribution in [0.1, 0.15) is 26.7 Å². The third kappa shape index (κ3) is 2.14. The van der Waals surface area contributed by atoms with E-state index in [4.69, 9.17) is 0 Å². The van der Waals surface area contributed by atoms with Crippen molar-refractivity contribution in [3.05, 3.63) is 12.7 Å². The summed E-state index contributed by atoms with van der Waals surface area (Å²) in [6.07, 6.45) is 5.14. The SMILES string of the molecule is CCC(CC)=Nn1cnnc1. The van der Waals surface area contributed by atoms with Gasteiger partial charge in [0.25, 0.3) is 0 Å². The summed E-state index contributed by atoms with van der Waals surface area (Å²) in [6, 6.07) is 0. The number of hydrogen-bond donors (Lipinski definition) is 0. The normalized spacial score (nSPS) is 9.64. The van der Waals surface area contributed by atoms with Crippen LogP contribution in [0.25, 0.3) is 0 Å². The van der Waals surface area contributed by atoms with Crippen LogP contribution >= 0.6 is 0 Å². The second-order valence-corrected chi connectivity index (χ2v) is 2.22. The van der Waals surface area contributed by atoms with Crippen molar-refractivity contribution < 1.29 is 0 Å². The molecule has 0 radical (unpaired) electrons. The molecule has 1 aromatic rings.